The predicted octanol–water partition coefficient (Wildman–Crippen LogP) is 2.18. The minimum absolute atomic E-state index is 0.00755. The number of benzene rings is 1. The Hall–Kier alpha value is -1.94. The highest BCUT2D eigenvalue weighted by molar-refractivity contribution is 8.77. The maximum absolute atomic E-state index is 11.3. The summed E-state index contributed by atoms with van der Waals surface area (Å²) < 4.78 is 4.92. The predicted molar refractivity (Wildman–Crippen MR) is 78.6 cm³/mol. The topological polar surface area (TPSA) is 116 Å². The molecule has 0 saturated heterocycles. The lowest BCUT2D eigenvalue weighted by atomic mass is 10.0. The summed E-state index contributed by atoms with van der Waals surface area (Å²) in [6.45, 7) is 1.12. The van der Waals surface area contributed by atoms with Crippen molar-refractivity contribution in [1.29, 1.82) is 0 Å². The fourth-order valence-corrected chi connectivity index (χ4v) is 4.44. The maximum atomic E-state index is 11.3. The molecule has 0 spiro atoms. The van der Waals surface area contributed by atoms with E-state index in [0.717, 1.165) is 10.5 Å². The van der Waals surface area contributed by atoms with Crippen LogP contribution >= 0.6 is 21.6 Å². The van der Waals surface area contributed by atoms with Gasteiger partial charge in [0.1, 0.15) is 17.9 Å². The van der Waals surface area contributed by atoms with Gasteiger partial charge in [0.05, 0.1) is 0 Å². The molecule has 0 saturated carbocycles. The highest BCUT2D eigenvalue weighted by atomic mass is 33.1. The lowest BCUT2D eigenvalue weighted by molar-refractivity contribution is -0.757. The van der Waals surface area contributed by atoms with Gasteiger partial charge in [-0.05, 0) is 24.1 Å². The number of hydrogen-bond donors (Lipinski definition) is 1. The summed E-state index contributed by atoms with van der Waals surface area (Å²) in [5.74, 6) is -1.82. The van der Waals surface area contributed by atoms with Crippen molar-refractivity contribution in [3.63, 3.8) is 0 Å². The molecule has 0 amide bonds. The second-order valence-electron chi connectivity index (χ2n) is 4.38. The summed E-state index contributed by atoms with van der Waals surface area (Å²) in [7, 11) is 2.73. The van der Waals surface area contributed by atoms with Crippen LogP contribution in [0, 0.1) is 10.1 Å². The molecular weight excluding hydrogens is 334 g/mol. The van der Waals surface area contributed by atoms with Crippen LogP contribution < -0.4 is 4.74 Å². The minimum atomic E-state index is -1.21. The number of esters is 1. The van der Waals surface area contributed by atoms with Crippen molar-refractivity contribution in [2.24, 2.45) is 0 Å². The van der Waals surface area contributed by atoms with E-state index in [2.05, 4.69) is 4.84 Å². The Morgan fingerprint density at radius 3 is 2.82 bits per heavy atom. The first-order valence-electron chi connectivity index (χ1n) is 6.06. The molecule has 1 unspecified atom stereocenters. The van der Waals surface area contributed by atoms with Crippen molar-refractivity contribution in [2.75, 3.05) is 6.61 Å². The summed E-state index contributed by atoms with van der Waals surface area (Å²) in [6.07, 6.45) is 0.432. The van der Waals surface area contributed by atoms with Crippen LogP contribution in [0.1, 0.15) is 22.8 Å². The zero-order chi connectivity index (χ0) is 16.3. The number of carboxylic acid groups (broad SMARTS) is 1. The maximum Gasteiger partial charge on any atom is 0.339 e. The van der Waals surface area contributed by atoms with Gasteiger partial charge in [0.15, 0.2) is 0 Å². The van der Waals surface area contributed by atoms with Crippen molar-refractivity contribution in [3.05, 3.63) is 33.4 Å². The van der Waals surface area contributed by atoms with Crippen LogP contribution in [-0.2, 0) is 16.1 Å². The van der Waals surface area contributed by atoms with E-state index in [-0.39, 0.29) is 23.2 Å². The molecule has 1 heterocycles. The van der Waals surface area contributed by atoms with Gasteiger partial charge in [-0.1, -0.05) is 21.6 Å². The molecule has 1 aliphatic heterocycles. The average molecular weight is 345 g/mol. The van der Waals surface area contributed by atoms with Crippen molar-refractivity contribution in [3.8, 4) is 5.75 Å². The number of ether oxygens (including phenoxy) is 1. The Balaban J connectivity index is 2.24. The largest absolute Gasteiger partial charge is 0.478 e. The van der Waals surface area contributed by atoms with E-state index in [0.29, 0.717) is 6.42 Å². The van der Waals surface area contributed by atoms with Crippen LogP contribution in [0.3, 0.4) is 0 Å². The monoisotopic (exact) mass is 345 g/mol. The number of carbonyl (C=O) groups excluding carboxylic acids is 1. The lowest BCUT2D eigenvalue weighted by Crippen LogP contribution is -2.20. The number of aromatic carboxylic acids is 1. The molecule has 0 bridgehead atoms. The molecule has 118 valence electrons. The lowest BCUT2D eigenvalue weighted by Gasteiger charge is -2.23. The van der Waals surface area contributed by atoms with Gasteiger partial charge in [0, 0.05) is 17.1 Å². The van der Waals surface area contributed by atoms with Gasteiger partial charge in [-0.3, -0.25) is 4.79 Å². The molecule has 1 aromatic carbocycles. The van der Waals surface area contributed by atoms with Crippen molar-refractivity contribution < 1.29 is 29.4 Å². The van der Waals surface area contributed by atoms with Gasteiger partial charge >= 0.3 is 11.9 Å². The normalized spacial score (nSPS) is 16.5. The Bertz CT molecular complexity index is 634. The molecular formula is C12H11NO7S2. The molecule has 0 radical (unpaired) electrons. The van der Waals surface area contributed by atoms with E-state index in [1.54, 1.807) is 0 Å². The van der Waals surface area contributed by atoms with Crippen LogP contribution in [0.15, 0.2) is 17.0 Å². The SMILES string of the molecule is CC(=O)Oc1cc2c(cc1C(=O)O)CC(CO[N+](=O)[O-])SS2. The molecule has 1 N–H and O–H groups in total. The van der Waals surface area contributed by atoms with E-state index in [4.69, 9.17) is 4.74 Å². The Kier molecular flexibility index (Phi) is 5.14. The minimum Gasteiger partial charge on any atom is -0.478 e. The average Bonchev–Trinajstić information content (AvgIpc) is 2.43. The summed E-state index contributed by atoms with van der Waals surface area (Å²) in [5, 5.41) is 18.4. The zero-order valence-corrected chi connectivity index (χ0v) is 12.9. The first-order valence-corrected chi connectivity index (χ1v) is 8.27. The smallest absolute Gasteiger partial charge is 0.339 e. The van der Waals surface area contributed by atoms with Crippen LogP contribution in [0.4, 0.5) is 0 Å². The second kappa shape index (κ2) is 6.88. The Morgan fingerprint density at radius 2 is 2.23 bits per heavy atom. The fraction of sp³-hybridized carbons (Fsp3) is 0.333. The highest BCUT2D eigenvalue weighted by Crippen LogP contribution is 2.45. The van der Waals surface area contributed by atoms with Gasteiger partial charge in [0.25, 0.3) is 5.09 Å². The van der Waals surface area contributed by atoms with Crippen molar-refractivity contribution >= 4 is 33.5 Å². The van der Waals surface area contributed by atoms with E-state index in [1.807, 2.05) is 0 Å². The van der Waals surface area contributed by atoms with Crippen LogP contribution in [0.2, 0.25) is 0 Å². The number of fused-ring (bicyclic) bond motifs is 1. The third-order valence-electron chi connectivity index (χ3n) is 2.73. The molecule has 22 heavy (non-hydrogen) atoms. The molecule has 1 aliphatic rings. The number of nitrogens with zero attached hydrogens (tertiary/aromatic N) is 1. The molecule has 0 aliphatic carbocycles. The van der Waals surface area contributed by atoms with Crippen LogP contribution in [-0.4, -0.2) is 34.0 Å². The summed E-state index contributed by atoms with van der Waals surface area (Å²) >= 11 is 0. The molecule has 1 aromatic rings. The first-order chi connectivity index (χ1) is 10.4. The number of hydrogen-bond acceptors (Lipinski definition) is 8. The van der Waals surface area contributed by atoms with E-state index >= 15 is 0 Å². The molecule has 1 atom stereocenters. The van der Waals surface area contributed by atoms with Crippen LogP contribution in [0.25, 0.3) is 0 Å². The van der Waals surface area contributed by atoms with E-state index in [9.17, 15) is 24.8 Å². The molecule has 0 fully saturated rings. The first kappa shape index (κ1) is 16.4. The van der Waals surface area contributed by atoms with Crippen molar-refractivity contribution in [1.82, 2.24) is 0 Å². The van der Waals surface area contributed by atoms with Gasteiger partial charge in [-0.2, -0.15) is 0 Å². The number of carboxylic acids is 1. The number of carbonyl (C=O) groups is 2. The molecule has 0 aromatic heterocycles. The summed E-state index contributed by atoms with van der Waals surface area (Å²) in [5.41, 5.74) is 0.615. The summed E-state index contributed by atoms with van der Waals surface area (Å²) in [4.78, 5) is 37.7. The molecule has 8 nitrogen and oxygen atoms in total. The van der Waals surface area contributed by atoms with Crippen LogP contribution in [0.5, 0.6) is 5.75 Å². The Morgan fingerprint density at radius 1 is 1.50 bits per heavy atom. The standard InChI is InChI=1S/C12H11NO7S2/c1-6(14)20-10-4-11-7(3-9(10)12(15)16)2-8(21-22-11)5-19-13(17)18/h3-4,8H,2,5H2,1H3,(H,15,16). The molecule has 10 heteroatoms. The van der Waals surface area contributed by atoms with Crippen molar-refractivity contribution in [2.45, 2.75) is 23.5 Å². The Labute approximate surface area is 132 Å². The third-order valence-corrected chi connectivity index (χ3v) is 5.61. The third kappa shape index (κ3) is 4.04. The fourth-order valence-electron chi connectivity index (χ4n) is 1.88. The molecule has 2 rings (SSSR count). The quantitative estimate of drug-likeness (QED) is 0.282. The highest BCUT2D eigenvalue weighted by Gasteiger charge is 2.25. The zero-order valence-electron chi connectivity index (χ0n) is 11.3. The number of rotatable bonds is 5. The van der Waals surface area contributed by atoms with E-state index in [1.165, 1.54) is 40.6 Å². The van der Waals surface area contributed by atoms with Gasteiger partial charge < -0.3 is 14.7 Å². The van der Waals surface area contributed by atoms with Gasteiger partial charge in [-0.25, -0.2) is 4.79 Å². The van der Waals surface area contributed by atoms with E-state index < -0.39 is 17.0 Å². The van der Waals surface area contributed by atoms with Gasteiger partial charge in [0.2, 0.25) is 0 Å². The second-order valence-corrected chi connectivity index (χ2v) is 6.92. The van der Waals surface area contributed by atoms with Gasteiger partial charge in [-0.15, -0.1) is 10.1 Å². The summed E-state index contributed by atoms with van der Waals surface area (Å²) in [6, 6.07) is 2.93.